The van der Waals surface area contributed by atoms with E-state index in [4.69, 9.17) is 11.6 Å². The number of hydrogen-bond donors (Lipinski definition) is 0. The molecular formula is C15H9BrClFN2S. The Kier molecular flexibility index (Phi) is 4.33. The Balaban J connectivity index is 1.93. The fraction of sp³-hybridized carbons (Fsp3) is 0.0667. The van der Waals surface area contributed by atoms with Gasteiger partial charge in [-0.15, -0.1) is 21.8 Å². The van der Waals surface area contributed by atoms with Crippen LogP contribution in [0.1, 0.15) is 15.9 Å². The average molecular weight is 384 g/mol. The second-order valence-electron chi connectivity index (χ2n) is 4.34. The van der Waals surface area contributed by atoms with Gasteiger partial charge in [-0.25, -0.2) is 4.39 Å². The van der Waals surface area contributed by atoms with Gasteiger partial charge >= 0.3 is 0 Å². The Hall–Kier alpha value is -1.30. The van der Waals surface area contributed by atoms with E-state index in [2.05, 4.69) is 26.1 Å². The predicted octanol–water partition coefficient (Wildman–Crippen LogP) is 5.43. The van der Waals surface area contributed by atoms with Crippen LogP contribution in [0.15, 0.2) is 53.0 Å². The molecule has 0 amide bonds. The molecular weight excluding hydrogens is 375 g/mol. The molecule has 0 spiro atoms. The van der Waals surface area contributed by atoms with Gasteiger partial charge < -0.3 is 0 Å². The van der Waals surface area contributed by atoms with Gasteiger partial charge in [-0.1, -0.05) is 41.7 Å². The summed E-state index contributed by atoms with van der Waals surface area (Å²) in [7, 11) is 0. The van der Waals surface area contributed by atoms with Crippen molar-refractivity contribution in [2.24, 2.45) is 0 Å². The van der Waals surface area contributed by atoms with Crippen LogP contribution in [-0.4, -0.2) is 10.2 Å². The summed E-state index contributed by atoms with van der Waals surface area (Å²) in [5, 5.41) is 9.40. The summed E-state index contributed by atoms with van der Waals surface area (Å²) in [5.74, 6) is -0.296. The summed E-state index contributed by atoms with van der Waals surface area (Å²) in [6.45, 7) is 0. The fourth-order valence-electron chi connectivity index (χ4n) is 1.87. The maximum absolute atomic E-state index is 13.1. The molecule has 21 heavy (non-hydrogen) atoms. The third kappa shape index (κ3) is 3.15. The van der Waals surface area contributed by atoms with Crippen LogP contribution in [-0.2, 0) is 0 Å². The van der Waals surface area contributed by atoms with Crippen molar-refractivity contribution in [3.63, 3.8) is 0 Å². The number of nitrogens with zero attached hydrogens (tertiary/aromatic N) is 2. The van der Waals surface area contributed by atoms with E-state index in [1.807, 2.05) is 30.3 Å². The van der Waals surface area contributed by atoms with Crippen molar-refractivity contribution >= 4 is 38.9 Å². The number of aromatic nitrogens is 2. The van der Waals surface area contributed by atoms with Crippen LogP contribution in [0, 0.1) is 5.82 Å². The first-order valence-electron chi connectivity index (χ1n) is 6.13. The monoisotopic (exact) mass is 382 g/mol. The third-order valence-corrected chi connectivity index (χ3v) is 5.18. The Morgan fingerprint density at radius 3 is 2.57 bits per heavy atom. The number of alkyl halides is 1. The van der Waals surface area contributed by atoms with Crippen LogP contribution < -0.4 is 0 Å². The predicted molar refractivity (Wildman–Crippen MR) is 87.1 cm³/mol. The lowest BCUT2D eigenvalue weighted by atomic mass is 10.1. The Morgan fingerprint density at radius 1 is 1.10 bits per heavy atom. The third-order valence-electron chi connectivity index (χ3n) is 2.91. The lowest BCUT2D eigenvalue weighted by Gasteiger charge is -2.04. The quantitative estimate of drug-likeness (QED) is 0.563. The zero-order valence-corrected chi connectivity index (χ0v) is 13.8. The molecule has 3 aromatic rings. The van der Waals surface area contributed by atoms with Gasteiger partial charge in [0.2, 0.25) is 0 Å². The van der Waals surface area contributed by atoms with E-state index in [-0.39, 0.29) is 11.2 Å². The van der Waals surface area contributed by atoms with E-state index in [9.17, 15) is 4.39 Å². The van der Waals surface area contributed by atoms with Gasteiger partial charge in [-0.3, -0.25) is 0 Å². The fourth-order valence-corrected chi connectivity index (χ4v) is 3.75. The van der Waals surface area contributed by atoms with Gasteiger partial charge in [-0.05, 0) is 39.7 Å². The van der Waals surface area contributed by atoms with Gasteiger partial charge in [0, 0.05) is 10.0 Å². The molecule has 0 bridgehead atoms. The molecule has 1 atom stereocenters. The normalized spacial score (nSPS) is 12.3. The topological polar surface area (TPSA) is 25.8 Å². The highest BCUT2D eigenvalue weighted by Gasteiger charge is 2.17. The molecule has 1 aromatic heterocycles. The first-order chi connectivity index (χ1) is 10.1. The molecule has 0 aliphatic rings. The van der Waals surface area contributed by atoms with Crippen LogP contribution in [0.25, 0.3) is 10.6 Å². The molecule has 6 heteroatoms. The molecule has 0 radical (unpaired) electrons. The molecule has 1 unspecified atom stereocenters. The summed E-state index contributed by atoms with van der Waals surface area (Å²) in [5.41, 5.74) is 1.78. The van der Waals surface area contributed by atoms with Crippen molar-refractivity contribution in [2.75, 3.05) is 0 Å². The molecule has 2 aromatic carbocycles. The first kappa shape index (κ1) is 14.6. The molecule has 2 nitrogen and oxygen atoms in total. The van der Waals surface area contributed by atoms with Crippen molar-refractivity contribution < 1.29 is 4.39 Å². The molecule has 0 aliphatic heterocycles. The van der Waals surface area contributed by atoms with E-state index in [0.29, 0.717) is 14.5 Å². The molecule has 0 N–H and O–H groups in total. The van der Waals surface area contributed by atoms with Crippen LogP contribution >= 0.6 is 38.9 Å². The summed E-state index contributed by atoms with van der Waals surface area (Å²) in [4.78, 5) is 0. The Morgan fingerprint density at radius 2 is 1.86 bits per heavy atom. The van der Waals surface area contributed by atoms with E-state index < -0.39 is 0 Å². The highest BCUT2D eigenvalue weighted by Crippen LogP contribution is 2.36. The van der Waals surface area contributed by atoms with Crippen LogP contribution in [0.2, 0.25) is 0 Å². The summed E-state index contributed by atoms with van der Waals surface area (Å²) in [6.07, 6.45) is 0. The average Bonchev–Trinajstić information content (AvgIpc) is 2.97. The molecule has 0 fully saturated rings. The number of halogens is 3. The van der Waals surface area contributed by atoms with Crippen LogP contribution in [0.3, 0.4) is 0 Å². The zero-order chi connectivity index (χ0) is 14.8. The zero-order valence-electron chi connectivity index (χ0n) is 10.6. The van der Waals surface area contributed by atoms with Crippen LogP contribution in [0.4, 0.5) is 4.39 Å². The number of hydrogen-bond acceptors (Lipinski definition) is 3. The summed E-state index contributed by atoms with van der Waals surface area (Å²) < 4.78 is 13.8. The smallest absolute Gasteiger partial charge is 0.149 e. The molecule has 106 valence electrons. The van der Waals surface area contributed by atoms with Gasteiger partial charge in [0.25, 0.3) is 0 Å². The second-order valence-corrected chi connectivity index (χ2v) is 6.64. The van der Waals surface area contributed by atoms with E-state index in [1.165, 1.54) is 23.5 Å². The molecule has 3 rings (SSSR count). The minimum Gasteiger partial charge on any atom is -0.207 e. The standard InChI is InChI=1S/C15H9BrClFN2S/c16-12-8-10(18)6-7-11(12)14-19-20-15(21-14)13(17)9-4-2-1-3-5-9/h1-8,13H. The van der Waals surface area contributed by atoms with E-state index in [0.717, 1.165) is 11.1 Å². The molecule has 1 heterocycles. The second kappa shape index (κ2) is 6.22. The van der Waals surface area contributed by atoms with Gasteiger partial charge in [0.15, 0.2) is 0 Å². The SMILES string of the molecule is Fc1ccc(-c2nnc(C(Cl)c3ccccc3)s2)c(Br)c1. The van der Waals surface area contributed by atoms with Crippen molar-refractivity contribution in [1.29, 1.82) is 0 Å². The van der Waals surface area contributed by atoms with Crippen molar-refractivity contribution in [3.05, 3.63) is 69.4 Å². The van der Waals surface area contributed by atoms with E-state index >= 15 is 0 Å². The maximum atomic E-state index is 13.1. The van der Waals surface area contributed by atoms with Crippen molar-refractivity contribution in [2.45, 2.75) is 5.38 Å². The number of benzene rings is 2. The first-order valence-corrected chi connectivity index (χ1v) is 8.17. The summed E-state index contributed by atoms with van der Waals surface area (Å²) in [6, 6.07) is 14.2. The summed E-state index contributed by atoms with van der Waals surface area (Å²) >= 11 is 11.2. The molecule has 0 aliphatic carbocycles. The minimum atomic E-state index is -0.336. The number of rotatable bonds is 3. The van der Waals surface area contributed by atoms with Gasteiger partial charge in [0.05, 0.1) is 0 Å². The van der Waals surface area contributed by atoms with Crippen molar-refractivity contribution in [3.8, 4) is 10.6 Å². The van der Waals surface area contributed by atoms with Gasteiger partial charge in [-0.2, -0.15) is 0 Å². The lowest BCUT2D eigenvalue weighted by Crippen LogP contribution is -1.91. The largest absolute Gasteiger partial charge is 0.207 e. The highest BCUT2D eigenvalue weighted by atomic mass is 79.9. The minimum absolute atomic E-state index is 0.296. The van der Waals surface area contributed by atoms with Gasteiger partial charge in [0.1, 0.15) is 21.2 Å². The van der Waals surface area contributed by atoms with Crippen LogP contribution in [0.5, 0.6) is 0 Å². The molecule has 0 saturated carbocycles. The Bertz CT molecular complexity index is 763. The molecule has 0 saturated heterocycles. The highest BCUT2D eigenvalue weighted by molar-refractivity contribution is 9.10. The maximum Gasteiger partial charge on any atom is 0.149 e. The van der Waals surface area contributed by atoms with Crippen molar-refractivity contribution in [1.82, 2.24) is 10.2 Å². The lowest BCUT2D eigenvalue weighted by molar-refractivity contribution is 0.627. The van der Waals surface area contributed by atoms with E-state index in [1.54, 1.807) is 6.07 Å². The Labute approximate surface area is 138 Å².